The van der Waals surface area contributed by atoms with Gasteiger partial charge in [-0.1, -0.05) is 12.1 Å². The van der Waals surface area contributed by atoms with E-state index in [1.807, 2.05) is 35.0 Å². The van der Waals surface area contributed by atoms with E-state index in [0.717, 1.165) is 48.9 Å². The summed E-state index contributed by atoms with van der Waals surface area (Å²) in [7, 11) is 0. The lowest BCUT2D eigenvalue weighted by Gasteiger charge is -2.28. The lowest BCUT2D eigenvalue weighted by Crippen LogP contribution is -2.36. The van der Waals surface area contributed by atoms with Crippen LogP contribution in [0.25, 0.3) is 16.9 Å². The van der Waals surface area contributed by atoms with Crippen LogP contribution in [0.5, 0.6) is 0 Å². The third kappa shape index (κ3) is 3.80. The molecule has 0 radical (unpaired) electrons. The SMILES string of the molecule is N=Cc1ccc(-c2cn3ccnc3c(Nc3ccc(N4CCOCC4)cc3)n2)cc1N. The number of rotatable bonds is 5. The Morgan fingerprint density at radius 2 is 1.90 bits per heavy atom. The first-order valence-corrected chi connectivity index (χ1v) is 10.1. The maximum absolute atomic E-state index is 7.43. The van der Waals surface area contributed by atoms with Crippen molar-refractivity contribution in [2.45, 2.75) is 0 Å². The molecule has 31 heavy (non-hydrogen) atoms. The molecule has 4 aromatic rings. The van der Waals surface area contributed by atoms with Crippen LogP contribution in [-0.4, -0.2) is 46.9 Å². The third-order valence-corrected chi connectivity index (χ3v) is 5.42. The average molecular weight is 413 g/mol. The largest absolute Gasteiger partial charge is 0.398 e. The fourth-order valence-corrected chi connectivity index (χ4v) is 3.73. The summed E-state index contributed by atoms with van der Waals surface area (Å²) in [6.45, 7) is 3.34. The maximum Gasteiger partial charge on any atom is 0.180 e. The van der Waals surface area contributed by atoms with Gasteiger partial charge in [0.2, 0.25) is 0 Å². The lowest BCUT2D eigenvalue weighted by atomic mass is 10.1. The monoisotopic (exact) mass is 413 g/mol. The molecule has 156 valence electrons. The van der Waals surface area contributed by atoms with Crippen LogP contribution in [0.1, 0.15) is 5.56 Å². The predicted octanol–water partition coefficient (Wildman–Crippen LogP) is 3.56. The zero-order chi connectivity index (χ0) is 21.2. The van der Waals surface area contributed by atoms with E-state index in [4.69, 9.17) is 20.9 Å². The molecule has 3 heterocycles. The molecule has 0 aliphatic carbocycles. The number of hydrogen-bond donors (Lipinski definition) is 3. The van der Waals surface area contributed by atoms with Gasteiger partial charge in [0.1, 0.15) is 0 Å². The molecule has 2 aromatic carbocycles. The van der Waals surface area contributed by atoms with Crippen LogP contribution < -0.4 is 16.0 Å². The minimum atomic E-state index is 0.549. The highest BCUT2D eigenvalue weighted by Gasteiger charge is 2.13. The number of morpholine rings is 1. The molecule has 1 aliphatic rings. The van der Waals surface area contributed by atoms with Gasteiger partial charge in [-0.3, -0.25) is 0 Å². The first kappa shape index (κ1) is 19.1. The molecule has 0 atom stereocenters. The van der Waals surface area contributed by atoms with E-state index in [9.17, 15) is 0 Å². The van der Waals surface area contributed by atoms with Crippen molar-refractivity contribution < 1.29 is 4.74 Å². The smallest absolute Gasteiger partial charge is 0.180 e. The molecule has 0 saturated carbocycles. The molecule has 1 aliphatic heterocycles. The molecule has 5 rings (SSSR count). The quantitative estimate of drug-likeness (QED) is 0.341. The summed E-state index contributed by atoms with van der Waals surface area (Å²) in [6, 6.07) is 13.9. The number of hydrogen-bond acceptors (Lipinski definition) is 7. The number of nitrogens with one attached hydrogen (secondary N) is 2. The highest BCUT2D eigenvalue weighted by atomic mass is 16.5. The van der Waals surface area contributed by atoms with Gasteiger partial charge in [-0.2, -0.15) is 0 Å². The normalized spacial score (nSPS) is 14.0. The minimum Gasteiger partial charge on any atom is -0.398 e. The molecule has 0 unspecified atom stereocenters. The Balaban J connectivity index is 1.46. The summed E-state index contributed by atoms with van der Waals surface area (Å²) in [5.74, 6) is 0.663. The maximum atomic E-state index is 7.43. The van der Waals surface area contributed by atoms with Crippen molar-refractivity contribution in [2.75, 3.05) is 42.3 Å². The van der Waals surface area contributed by atoms with E-state index in [1.165, 1.54) is 11.9 Å². The molecule has 0 spiro atoms. The molecule has 4 N–H and O–H groups in total. The van der Waals surface area contributed by atoms with Crippen molar-refractivity contribution >= 4 is 34.7 Å². The number of anilines is 4. The van der Waals surface area contributed by atoms with Gasteiger partial charge in [0.05, 0.1) is 18.9 Å². The van der Waals surface area contributed by atoms with Crippen LogP contribution in [-0.2, 0) is 4.74 Å². The number of aromatic nitrogens is 3. The Morgan fingerprint density at radius 1 is 1.10 bits per heavy atom. The number of nitrogens with zero attached hydrogens (tertiary/aromatic N) is 4. The highest BCUT2D eigenvalue weighted by Crippen LogP contribution is 2.27. The van der Waals surface area contributed by atoms with E-state index >= 15 is 0 Å². The Morgan fingerprint density at radius 3 is 2.65 bits per heavy atom. The zero-order valence-electron chi connectivity index (χ0n) is 17.0. The van der Waals surface area contributed by atoms with Gasteiger partial charge in [-0.25, -0.2) is 9.97 Å². The molecule has 8 heteroatoms. The first-order valence-electron chi connectivity index (χ1n) is 10.1. The van der Waals surface area contributed by atoms with Crippen LogP contribution in [0.4, 0.5) is 22.9 Å². The molecular weight excluding hydrogens is 390 g/mol. The molecule has 0 amide bonds. The van der Waals surface area contributed by atoms with E-state index in [2.05, 4.69) is 39.5 Å². The van der Waals surface area contributed by atoms with Gasteiger partial charge in [-0.05, 0) is 30.3 Å². The fraction of sp³-hybridized carbons (Fsp3) is 0.174. The fourth-order valence-electron chi connectivity index (χ4n) is 3.73. The average Bonchev–Trinajstić information content (AvgIpc) is 3.29. The predicted molar refractivity (Wildman–Crippen MR) is 123 cm³/mol. The summed E-state index contributed by atoms with van der Waals surface area (Å²) in [5, 5.41) is 10.8. The Kier molecular flexibility index (Phi) is 4.97. The molecule has 8 nitrogen and oxygen atoms in total. The second-order valence-corrected chi connectivity index (χ2v) is 7.39. The van der Waals surface area contributed by atoms with E-state index < -0.39 is 0 Å². The molecule has 1 fully saturated rings. The highest BCUT2D eigenvalue weighted by molar-refractivity contribution is 5.87. The Hall–Kier alpha value is -3.91. The molecule has 1 saturated heterocycles. The summed E-state index contributed by atoms with van der Waals surface area (Å²) < 4.78 is 7.37. The second-order valence-electron chi connectivity index (χ2n) is 7.39. The number of fused-ring (bicyclic) bond motifs is 1. The van der Waals surface area contributed by atoms with Crippen molar-refractivity contribution in [3.8, 4) is 11.3 Å². The van der Waals surface area contributed by atoms with Crippen LogP contribution in [0, 0.1) is 5.41 Å². The summed E-state index contributed by atoms with van der Waals surface area (Å²) in [5.41, 5.74) is 11.8. The first-order chi connectivity index (χ1) is 15.2. The number of nitrogen functional groups attached to an aromatic ring is 1. The van der Waals surface area contributed by atoms with Crippen LogP contribution >= 0.6 is 0 Å². The van der Waals surface area contributed by atoms with Gasteiger partial charge >= 0.3 is 0 Å². The van der Waals surface area contributed by atoms with E-state index in [1.54, 1.807) is 6.20 Å². The molecule has 2 aromatic heterocycles. The van der Waals surface area contributed by atoms with Crippen molar-refractivity contribution in [2.24, 2.45) is 0 Å². The van der Waals surface area contributed by atoms with Crippen LogP contribution in [0.2, 0.25) is 0 Å². The van der Waals surface area contributed by atoms with E-state index in [0.29, 0.717) is 17.1 Å². The van der Waals surface area contributed by atoms with Gasteiger partial charge in [0.25, 0.3) is 0 Å². The van der Waals surface area contributed by atoms with Crippen molar-refractivity contribution in [1.82, 2.24) is 14.4 Å². The third-order valence-electron chi connectivity index (χ3n) is 5.42. The van der Waals surface area contributed by atoms with Crippen molar-refractivity contribution in [3.63, 3.8) is 0 Å². The Bertz CT molecular complexity index is 1230. The van der Waals surface area contributed by atoms with Crippen LogP contribution in [0.3, 0.4) is 0 Å². The standard InChI is InChI=1S/C23H23N7O/c24-14-17-2-1-16(13-20(17)25)21-15-30-8-7-26-23(30)22(28-21)27-18-3-5-19(6-4-18)29-9-11-31-12-10-29/h1-8,13-15,24H,9-12,25H2,(H,27,28). The van der Waals surface area contributed by atoms with Crippen molar-refractivity contribution in [1.29, 1.82) is 5.41 Å². The van der Waals surface area contributed by atoms with Gasteiger partial charge in [0, 0.05) is 66.1 Å². The summed E-state index contributed by atoms with van der Waals surface area (Å²) in [6.07, 6.45) is 6.82. The van der Waals surface area contributed by atoms with Gasteiger partial charge in [0.15, 0.2) is 11.5 Å². The van der Waals surface area contributed by atoms with Crippen molar-refractivity contribution in [3.05, 3.63) is 66.6 Å². The van der Waals surface area contributed by atoms with Gasteiger partial charge in [-0.15, -0.1) is 0 Å². The number of imidazole rings is 1. The van der Waals surface area contributed by atoms with Gasteiger partial charge < -0.3 is 30.5 Å². The minimum absolute atomic E-state index is 0.549. The van der Waals surface area contributed by atoms with E-state index in [-0.39, 0.29) is 0 Å². The topological polar surface area (TPSA) is 105 Å². The number of benzene rings is 2. The summed E-state index contributed by atoms with van der Waals surface area (Å²) in [4.78, 5) is 11.6. The van der Waals surface area contributed by atoms with Crippen LogP contribution in [0.15, 0.2) is 61.1 Å². The summed E-state index contributed by atoms with van der Waals surface area (Å²) >= 11 is 0. The lowest BCUT2D eigenvalue weighted by molar-refractivity contribution is 0.122. The Labute approximate surface area is 179 Å². The number of nitrogens with two attached hydrogens (primary N) is 1. The zero-order valence-corrected chi connectivity index (χ0v) is 17.0. The second kappa shape index (κ2) is 8.08. The molecular formula is C23H23N7O. The molecule has 0 bridgehead atoms. The number of ether oxygens (including phenoxy) is 1.